The molecule has 0 saturated carbocycles. The molecule has 32 heavy (non-hydrogen) atoms. The largest absolute Gasteiger partial charge is 0.353 e. The van der Waals surface area contributed by atoms with Crippen molar-refractivity contribution in [3.05, 3.63) is 70.8 Å². The number of carbonyl (C=O) groups excluding carboxylic acids is 3. The van der Waals surface area contributed by atoms with Crippen molar-refractivity contribution in [3.8, 4) is 0 Å². The number of aryl methyl sites for hydroxylation is 2. The van der Waals surface area contributed by atoms with Gasteiger partial charge in [0.25, 0.3) is 11.8 Å². The van der Waals surface area contributed by atoms with Crippen LogP contribution in [-0.4, -0.2) is 65.2 Å². The van der Waals surface area contributed by atoms with Gasteiger partial charge in [0.05, 0.1) is 16.6 Å². The average Bonchev–Trinajstić information content (AvgIpc) is 3.05. The van der Waals surface area contributed by atoms with E-state index in [1.165, 1.54) is 5.56 Å². The highest BCUT2D eigenvalue weighted by Gasteiger charge is 2.37. The standard InChI is InChI=1S/C25H24N4O3/c1-16-6-5-9-18-17(2)14-21(26-23(16)18)27-10-12-28(13-11-27)22(30)15-29-24(31)19-7-3-4-8-20(19)25(29)32/h3-9,14H,10-13,15H2,1-2H3. The lowest BCUT2D eigenvalue weighted by atomic mass is 10.1. The van der Waals surface area contributed by atoms with Crippen LogP contribution < -0.4 is 4.90 Å². The van der Waals surface area contributed by atoms with Gasteiger partial charge in [0.1, 0.15) is 12.4 Å². The Morgan fingerprint density at radius 3 is 2.19 bits per heavy atom. The van der Waals surface area contributed by atoms with E-state index in [0.29, 0.717) is 37.3 Å². The van der Waals surface area contributed by atoms with Crippen molar-refractivity contribution in [2.24, 2.45) is 0 Å². The zero-order valence-corrected chi connectivity index (χ0v) is 18.2. The fourth-order valence-electron chi connectivity index (χ4n) is 4.51. The minimum atomic E-state index is -0.399. The van der Waals surface area contributed by atoms with Crippen molar-refractivity contribution in [3.63, 3.8) is 0 Å². The van der Waals surface area contributed by atoms with E-state index >= 15 is 0 Å². The van der Waals surface area contributed by atoms with Gasteiger partial charge in [-0.05, 0) is 43.2 Å². The molecule has 1 aromatic heterocycles. The summed E-state index contributed by atoms with van der Waals surface area (Å²) in [6, 6.07) is 15.0. The molecule has 2 aliphatic rings. The Labute approximate surface area is 186 Å². The maximum atomic E-state index is 12.9. The average molecular weight is 428 g/mol. The second-order valence-electron chi connectivity index (χ2n) is 8.38. The zero-order chi connectivity index (χ0) is 22.4. The monoisotopic (exact) mass is 428 g/mol. The lowest BCUT2D eigenvalue weighted by Crippen LogP contribution is -2.52. The van der Waals surface area contributed by atoms with Crippen molar-refractivity contribution in [2.45, 2.75) is 13.8 Å². The molecule has 1 fully saturated rings. The summed E-state index contributed by atoms with van der Waals surface area (Å²) in [4.78, 5) is 47.8. The predicted molar refractivity (Wildman–Crippen MR) is 122 cm³/mol. The van der Waals surface area contributed by atoms with Gasteiger partial charge >= 0.3 is 0 Å². The van der Waals surface area contributed by atoms with E-state index < -0.39 is 11.8 Å². The number of pyridine rings is 1. The highest BCUT2D eigenvalue weighted by atomic mass is 16.2. The summed E-state index contributed by atoms with van der Waals surface area (Å²) >= 11 is 0. The van der Waals surface area contributed by atoms with Crippen LogP contribution in [0.5, 0.6) is 0 Å². The van der Waals surface area contributed by atoms with Gasteiger partial charge in [-0.1, -0.05) is 30.3 Å². The van der Waals surface area contributed by atoms with Crippen molar-refractivity contribution in [2.75, 3.05) is 37.6 Å². The van der Waals surface area contributed by atoms with Crippen LogP contribution in [0.1, 0.15) is 31.8 Å². The molecule has 0 aliphatic carbocycles. The van der Waals surface area contributed by atoms with E-state index in [1.54, 1.807) is 29.2 Å². The number of hydrogen-bond acceptors (Lipinski definition) is 5. The number of anilines is 1. The summed E-state index contributed by atoms with van der Waals surface area (Å²) in [6.07, 6.45) is 0. The van der Waals surface area contributed by atoms with E-state index in [1.807, 2.05) is 6.07 Å². The summed E-state index contributed by atoms with van der Waals surface area (Å²) in [5.74, 6) is -0.0954. The van der Waals surface area contributed by atoms with E-state index in [0.717, 1.165) is 27.2 Å². The van der Waals surface area contributed by atoms with Gasteiger partial charge in [-0.15, -0.1) is 0 Å². The Bertz CT molecular complexity index is 1230. The molecule has 7 heteroatoms. The molecular formula is C25H24N4O3. The van der Waals surface area contributed by atoms with Gasteiger partial charge in [0, 0.05) is 31.6 Å². The zero-order valence-electron chi connectivity index (χ0n) is 18.2. The minimum absolute atomic E-state index is 0.211. The lowest BCUT2D eigenvalue weighted by molar-refractivity contribution is -0.131. The topological polar surface area (TPSA) is 73.8 Å². The first-order chi connectivity index (χ1) is 15.4. The van der Waals surface area contributed by atoms with Crippen molar-refractivity contribution in [1.29, 1.82) is 0 Å². The Hall–Kier alpha value is -3.74. The SMILES string of the molecule is Cc1cc(N2CCN(C(=O)CN3C(=O)c4ccccc4C3=O)CC2)nc2c(C)cccc12. The van der Waals surface area contributed by atoms with Crippen LogP contribution in [-0.2, 0) is 4.79 Å². The second-order valence-corrected chi connectivity index (χ2v) is 8.38. The van der Waals surface area contributed by atoms with Crippen LogP contribution in [0.2, 0.25) is 0 Å². The second kappa shape index (κ2) is 7.75. The Morgan fingerprint density at radius 1 is 0.875 bits per heavy atom. The molecular weight excluding hydrogens is 404 g/mol. The van der Waals surface area contributed by atoms with Crippen LogP contribution in [0.3, 0.4) is 0 Å². The number of aromatic nitrogens is 1. The molecule has 2 aromatic carbocycles. The fraction of sp³-hybridized carbons (Fsp3) is 0.280. The van der Waals surface area contributed by atoms with Gasteiger partial charge in [-0.2, -0.15) is 0 Å². The molecule has 1 saturated heterocycles. The number of benzene rings is 2. The number of imide groups is 1. The van der Waals surface area contributed by atoms with Gasteiger partial charge in [-0.3, -0.25) is 19.3 Å². The highest BCUT2D eigenvalue weighted by Crippen LogP contribution is 2.26. The summed E-state index contributed by atoms with van der Waals surface area (Å²) in [5, 5.41) is 1.16. The number of hydrogen-bond donors (Lipinski definition) is 0. The molecule has 3 aromatic rings. The quantitative estimate of drug-likeness (QED) is 0.600. The molecule has 0 spiro atoms. The first-order valence-electron chi connectivity index (χ1n) is 10.8. The summed E-state index contributed by atoms with van der Waals surface area (Å²) in [6.45, 7) is 6.28. The maximum absolute atomic E-state index is 12.9. The van der Waals surface area contributed by atoms with E-state index in [2.05, 4.69) is 36.9 Å². The minimum Gasteiger partial charge on any atom is -0.353 e. The Kier molecular flexibility index (Phi) is 4.89. The lowest BCUT2D eigenvalue weighted by Gasteiger charge is -2.36. The first-order valence-corrected chi connectivity index (χ1v) is 10.8. The maximum Gasteiger partial charge on any atom is 0.262 e. The molecule has 162 valence electrons. The van der Waals surface area contributed by atoms with Crippen LogP contribution in [0.25, 0.3) is 10.9 Å². The molecule has 2 aliphatic heterocycles. The van der Waals surface area contributed by atoms with Crippen LogP contribution in [0.15, 0.2) is 48.5 Å². The third kappa shape index (κ3) is 3.30. The number of fused-ring (bicyclic) bond motifs is 2. The van der Waals surface area contributed by atoms with Gasteiger partial charge < -0.3 is 9.80 Å². The van der Waals surface area contributed by atoms with Crippen LogP contribution >= 0.6 is 0 Å². The van der Waals surface area contributed by atoms with Gasteiger partial charge in [0.2, 0.25) is 5.91 Å². The number of amides is 3. The van der Waals surface area contributed by atoms with Crippen molar-refractivity contribution in [1.82, 2.24) is 14.8 Å². The van der Waals surface area contributed by atoms with Gasteiger partial charge in [0.15, 0.2) is 0 Å². The predicted octanol–water partition coefficient (Wildman–Crippen LogP) is 2.80. The van der Waals surface area contributed by atoms with Crippen molar-refractivity contribution >= 4 is 34.4 Å². The number of rotatable bonds is 3. The normalized spacial score (nSPS) is 16.1. The third-order valence-electron chi connectivity index (χ3n) is 6.36. The summed E-state index contributed by atoms with van der Waals surface area (Å²) in [7, 11) is 0. The number of para-hydroxylation sites is 1. The number of nitrogens with zero attached hydrogens (tertiary/aromatic N) is 4. The molecule has 0 bridgehead atoms. The summed E-state index contributed by atoms with van der Waals surface area (Å²) in [5.41, 5.74) is 4.05. The molecule has 0 radical (unpaired) electrons. The number of piperazine rings is 1. The molecule has 0 atom stereocenters. The summed E-state index contributed by atoms with van der Waals surface area (Å²) < 4.78 is 0. The Morgan fingerprint density at radius 2 is 1.53 bits per heavy atom. The molecule has 7 nitrogen and oxygen atoms in total. The van der Waals surface area contributed by atoms with E-state index in [9.17, 15) is 14.4 Å². The van der Waals surface area contributed by atoms with Crippen LogP contribution in [0, 0.1) is 13.8 Å². The molecule has 3 heterocycles. The highest BCUT2D eigenvalue weighted by molar-refractivity contribution is 6.22. The Balaban J connectivity index is 1.26. The molecule has 0 unspecified atom stereocenters. The molecule has 5 rings (SSSR count). The number of carbonyl (C=O) groups is 3. The van der Waals surface area contributed by atoms with E-state index in [-0.39, 0.29) is 12.5 Å². The third-order valence-corrected chi connectivity index (χ3v) is 6.36. The fourth-order valence-corrected chi connectivity index (χ4v) is 4.51. The van der Waals surface area contributed by atoms with Gasteiger partial charge in [-0.25, -0.2) is 4.98 Å². The first kappa shape index (κ1) is 20.2. The smallest absolute Gasteiger partial charge is 0.262 e. The molecule has 0 N–H and O–H groups in total. The van der Waals surface area contributed by atoms with E-state index in [4.69, 9.17) is 4.98 Å². The van der Waals surface area contributed by atoms with Crippen LogP contribution in [0.4, 0.5) is 5.82 Å². The molecule has 3 amide bonds. The van der Waals surface area contributed by atoms with Crippen molar-refractivity contribution < 1.29 is 14.4 Å².